The van der Waals surface area contributed by atoms with Crippen LogP contribution in [0, 0.1) is 10.1 Å². The predicted molar refractivity (Wildman–Crippen MR) is 107 cm³/mol. The summed E-state index contributed by atoms with van der Waals surface area (Å²) in [6, 6.07) is 13.7. The number of para-hydroxylation sites is 1. The standard InChI is InChI=1S/C20H17N5O4/c26-20(27)14-7-9-15(10-8-14)23-18-17(25(28)29)19(22-12-21-18)24-11-3-5-13-4-1-2-6-16(13)24/h1-2,4,6-10,12H,3,5,11H2,(H,26,27)(H,21,22,23). The number of nitrogens with zero attached hydrogens (tertiary/aromatic N) is 4. The van der Waals surface area contributed by atoms with Crippen molar-refractivity contribution in [1.82, 2.24) is 9.97 Å². The second-order valence-electron chi connectivity index (χ2n) is 6.54. The Labute approximate surface area is 165 Å². The van der Waals surface area contributed by atoms with Gasteiger partial charge in [-0.1, -0.05) is 18.2 Å². The quantitative estimate of drug-likeness (QED) is 0.496. The SMILES string of the molecule is O=C(O)c1ccc(Nc2ncnc(N3CCCc4ccccc43)c2[N+](=O)[O-])cc1. The van der Waals surface area contributed by atoms with Crippen molar-refractivity contribution in [1.29, 1.82) is 0 Å². The number of carboxylic acids is 1. The van der Waals surface area contributed by atoms with Gasteiger partial charge in [0.05, 0.1) is 10.5 Å². The first-order chi connectivity index (χ1) is 14.0. The molecule has 146 valence electrons. The molecule has 1 aromatic heterocycles. The smallest absolute Gasteiger partial charge is 0.354 e. The monoisotopic (exact) mass is 391 g/mol. The van der Waals surface area contributed by atoms with Crippen LogP contribution in [0.2, 0.25) is 0 Å². The summed E-state index contributed by atoms with van der Waals surface area (Å²) in [4.78, 5) is 32.5. The Morgan fingerprint density at radius 2 is 1.90 bits per heavy atom. The van der Waals surface area contributed by atoms with Gasteiger partial charge in [-0.05, 0) is 48.7 Å². The lowest BCUT2D eigenvalue weighted by Gasteiger charge is -2.30. The third kappa shape index (κ3) is 3.57. The van der Waals surface area contributed by atoms with Crippen LogP contribution in [0.1, 0.15) is 22.3 Å². The van der Waals surface area contributed by atoms with Crippen LogP contribution in [-0.2, 0) is 6.42 Å². The predicted octanol–water partition coefficient (Wildman–Crippen LogP) is 3.91. The summed E-state index contributed by atoms with van der Waals surface area (Å²) in [5, 5.41) is 23.8. The van der Waals surface area contributed by atoms with Gasteiger partial charge in [0.25, 0.3) is 0 Å². The number of benzene rings is 2. The molecule has 2 N–H and O–H groups in total. The molecule has 9 nitrogen and oxygen atoms in total. The first-order valence-electron chi connectivity index (χ1n) is 9.00. The zero-order valence-corrected chi connectivity index (χ0v) is 15.3. The molecule has 3 aromatic rings. The summed E-state index contributed by atoms with van der Waals surface area (Å²) in [6.45, 7) is 0.613. The minimum Gasteiger partial charge on any atom is -0.478 e. The van der Waals surface area contributed by atoms with E-state index >= 15 is 0 Å². The van der Waals surface area contributed by atoms with E-state index in [4.69, 9.17) is 5.11 Å². The average Bonchev–Trinajstić information content (AvgIpc) is 2.73. The van der Waals surface area contributed by atoms with Gasteiger partial charge in [0.2, 0.25) is 11.6 Å². The minimum absolute atomic E-state index is 0.0473. The van der Waals surface area contributed by atoms with Crippen molar-refractivity contribution >= 4 is 34.7 Å². The molecule has 1 aliphatic heterocycles. The molecule has 0 saturated heterocycles. The van der Waals surface area contributed by atoms with Crippen molar-refractivity contribution < 1.29 is 14.8 Å². The van der Waals surface area contributed by atoms with Gasteiger partial charge >= 0.3 is 11.7 Å². The van der Waals surface area contributed by atoms with Crippen molar-refractivity contribution in [3.05, 3.63) is 76.1 Å². The fourth-order valence-corrected chi connectivity index (χ4v) is 3.41. The molecule has 2 aromatic carbocycles. The third-order valence-electron chi connectivity index (χ3n) is 4.75. The summed E-state index contributed by atoms with van der Waals surface area (Å²) in [5.74, 6) is -0.774. The maximum absolute atomic E-state index is 11.9. The zero-order valence-electron chi connectivity index (χ0n) is 15.3. The van der Waals surface area contributed by atoms with Crippen LogP contribution in [0.25, 0.3) is 0 Å². The van der Waals surface area contributed by atoms with E-state index in [1.165, 1.54) is 30.6 Å². The van der Waals surface area contributed by atoms with Crippen LogP contribution in [-0.4, -0.2) is 32.5 Å². The van der Waals surface area contributed by atoms with Crippen LogP contribution in [0.4, 0.5) is 28.7 Å². The lowest BCUT2D eigenvalue weighted by molar-refractivity contribution is -0.383. The average molecular weight is 391 g/mol. The van der Waals surface area contributed by atoms with Gasteiger partial charge in [-0.2, -0.15) is 0 Å². The molecule has 4 rings (SSSR count). The van der Waals surface area contributed by atoms with Gasteiger partial charge in [0, 0.05) is 17.9 Å². The summed E-state index contributed by atoms with van der Waals surface area (Å²) < 4.78 is 0. The maximum atomic E-state index is 11.9. The van der Waals surface area contributed by atoms with E-state index in [0.717, 1.165) is 24.1 Å². The van der Waals surface area contributed by atoms with Crippen LogP contribution in [0.3, 0.4) is 0 Å². The zero-order chi connectivity index (χ0) is 20.4. The van der Waals surface area contributed by atoms with E-state index < -0.39 is 10.9 Å². The van der Waals surface area contributed by atoms with Crippen molar-refractivity contribution in [3.8, 4) is 0 Å². The van der Waals surface area contributed by atoms with Crippen molar-refractivity contribution in [3.63, 3.8) is 0 Å². The molecule has 9 heteroatoms. The first kappa shape index (κ1) is 18.4. The largest absolute Gasteiger partial charge is 0.478 e. The molecule has 29 heavy (non-hydrogen) atoms. The number of hydrogen-bond acceptors (Lipinski definition) is 7. The van der Waals surface area contributed by atoms with Gasteiger partial charge in [-0.3, -0.25) is 10.1 Å². The Morgan fingerprint density at radius 1 is 1.14 bits per heavy atom. The summed E-state index contributed by atoms with van der Waals surface area (Å²) in [6.07, 6.45) is 3.05. The Kier molecular flexibility index (Phi) is 4.78. The number of rotatable bonds is 5. The summed E-state index contributed by atoms with van der Waals surface area (Å²) >= 11 is 0. The maximum Gasteiger partial charge on any atom is 0.354 e. The number of anilines is 4. The first-order valence-corrected chi connectivity index (χ1v) is 9.00. The molecule has 0 radical (unpaired) electrons. The third-order valence-corrected chi connectivity index (χ3v) is 4.75. The number of carbonyl (C=O) groups is 1. The number of carboxylic acid groups (broad SMARTS) is 1. The van der Waals surface area contributed by atoms with Gasteiger partial charge < -0.3 is 15.3 Å². The molecule has 0 spiro atoms. The van der Waals surface area contributed by atoms with E-state index in [-0.39, 0.29) is 22.9 Å². The Bertz CT molecular complexity index is 1080. The summed E-state index contributed by atoms with van der Waals surface area (Å²) in [7, 11) is 0. The Hall–Kier alpha value is -4.01. The normalized spacial score (nSPS) is 12.9. The van der Waals surface area contributed by atoms with E-state index in [2.05, 4.69) is 15.3 Å². The highest BCUT2D eigenvalue weighted by Crippen LogP contribution is 2.40. The molecule has 1 aliphatic rings. The van der Waals surface area contributed by atoms with E-state index in [1.807, 2.05) is 29.2 Å². The van der Waals surface area contributed by atoms with Crippen LogP contribution in [0.15, 0.2) is 54.9 Å². The van der Waals surface area contributed by atoms with Crippen LogP contribution >= 0.6 is 0 Å². The Morgan fingerprint density at radius 3 is 2.62 bits per heavy atom. The highest BCUT2D eigenvalue weighted by molar-refractivity contribution is 5.88. The van der Waals surface area contributed by atoms with Gasteiger partial charge in [-0.25, -0.2) is 14.8 Å². The van der Waals surface area contributed by atoms with Gasteiger partial charge in [-0.15, -0.1) is 0 Å². The number of nitro groups is 1. The van der Waals surface area contributed by atoms with Gasteiger partial charge in [0.1, 0.15) is 6.33 Å². The highest BCUT2D eigenvalue weighted by Gasteiger charge is 2.30. The van der Waals surface area contributed by atoms with Crippen molar-refractivity contribution in [2.45, 2.75) is 12.8 Å². The number of aromatic carboxylic acids is 1. The number of fused-ring (bicyclic) bond motifs is 1. The van der Waals surface area contributed by atoms with E-state index in [9.17, 15) is 14.9 Å². The second-order valence-corrected chi connectivity index (χ2v) is 6.54. The molecular weight excluding hydrogens is 374 g/mol. The van der Waals surface area contributed by atoms with Crippen LogP contribution < -0.4 is 10.2 Å². The lowest BCUT2D eigenvalue weighted by Crippen LogP contribution is -2.26. The molecule has 0 saturated carbocycles. The molecule has 0 aliphatic carbocycles. The molecule has 2 heterocycles. The molecule has 0 atom stereocenters. The molecule has 0 unspecified atom stereocenters. The minimum atomic E-state index is -1.05. The molecule has 0 fully saturated rings. The number of nitrogens with one attached hydrogen (secondary N) is 1. The Balaban J connectivity index is 1.74. The molecule has 0 bridgehead atoms. The second kappa shape index (κ2) is 7.55. The van der Waals surface area contributed by atoms with E-state index in [1.54, 1.807) is 0 Å². The molecular formula is C20H17N5O4. The summed E-state index contributed by atoms with van der Waals surface area (Å²) in [5.41, 5.74) is 2.40. The van der Waals surface area contributed by atoms with Crippen molar-refractivity contribution in [2.24, 2.45) is 0 Å². The number of hydrogen-bond donors (Lipinski definition) is 2. The van der Waals surface area contributed by atoms with E-state index in [0.29, 0.717) is 12.2 Å². The molecule has 0 amide bonds. The van der Waals surface area contributed by atoms with Gasteiger partial charge in [0.15, 0.2) is 0 Å². The fourth-order valence-electron chi connectivity index (χ4n) is 3.41. The fraction of sp³-hybridized carbons (Fsp3) is 0.150. The van der Waals surface area contributed by atoms with Crippen LogP contribution in [0.5, 0.6) is 0 Å². The topological polar surface area (TPSA) is 121 Å². The lowest BCUT2D eigenvalue weighted by atomic mass is 10.0. The number of aryl methyl sites for hydroxylation is 1. The van der Waals surface area contributed by atoms with Crippen molar-refractivity contribution in [2.75, 3.05) is 16.8 Å². The number of aromatic nitrogens is 2. The highest BCUT2D eigenvalue weighted by atomic mass is 16.6.